The molecule has 106 valence electrons. The van der Waals surface area contributed by atoms with Crippen molar-refractivity contribution in [1.29, 1.82) is 0 Å². The standard InChI is InChI=1S/C16H25NO2/c1-11-4-3-5-14(11)16(18)15(10-17)12-6-8-13(19-2)9-7-12/h6-9,11,14-16,18H,3-5,10,17H2,1-2H3. The van der Waals surface area contributed by atoms with Gasteiger partial charge in [-0.05, 0) is 36.0 Å². The van der Waals surface area contributed by atoms with Crippen molar-refractivity contribution < 1.29 is 9.84 Å². The van der Waals surface area contributed by atoms with Crippen LogP contribution in [0.15, 0.2) is 24.3 Å². The summed E-state index contributed by atoms with van der Waals surface area (Å²) in [7, 11) is 1.66. The monoisotopic (exact) mass is 263 g/mol. The lowest BCUT2D eigenvalue weighted by Crippen LogP contribution is -2.33. The van der Waals surface area contributed by atoms with Crippen LogP contribution < -0.4 is 10.5 Å². The Labute approximate surface area is 115 Å². The van der Waals surface area contributed by atoms with E-state index in [0.29, 0.717) is 18.4 Å². The zero-order valence-electron chi connectivity index (χ0n) is 11.9. The molecule has 0 aliphatic heterocycles. The summed E-state index contributed by atoms with van der Waals surface area (Å²) in [6, 6.07) is 7.89. The quantitative estimate of drug-likeness (QED) is 0.858. The van der Waals surface area contributed by atoms with Crippen LogP contribution in [0.25, 0.3) is 0 Å². The molecule has 0 saturated heterocycles. The number of aliphatic hydroxyl groups is 1. The number of hydrogen-bond donors (Lipinski definition) is 2. The Bertz CT molecular complexity index is 390. The predicted molar refractivity (Wildman–Crippen MR) is 77.3 cm³/mol. The van der Waals surface area contributed by atoms with Crippen molar-refractivity contribution in [2.75, 3.05) is 13.7 Å². The molecule has 4 atom stereocenters. The number of rotatable bonds is 5. The van der Waals surface area contributed by atoms with Gasteiger partial charge in [-0.1, -0.05) is 31.9 Å². The highest BCUT2D eigenvalue weighted by Gasteiger charge is 2.34. The van der Waals surface area contributed by atoms with Crippen molar-refractivity contribution in [2.24, 2.45) is 17.6 Å². The van der Waals surface area contributed by atoms with E-state index in [9.17, 15) is 5.11 Å². The van der Waals surface area contributed by atoms with Crippen molar-refractivity contribution >= 4 is 0 Å². The van der Waals surface area contributed by atoms with Crippen LogP contribution >= 0.6 is 0 Å². The third-order valence-corrected chi connectivity index (χ3v) is 4.58. The van der Waals surface area contributed by atoms with Gasteiger partial charge in [0.05, 0.1) is 13.2 Å². The first kappa shape index (κ1) is 14.4. The van der Waals surface area contributed by atoms with Crippen LogP contribution in [0.3, 0.4) is 0 Å². The summed E-state index contributed by atoms with van der Waals surface area (Å²) >= 11 is 0. The van der Waals surface area contributed by atoms with E-state index in [1.54, 1.807) is 7.11 Å². The summed E-state index contributed by atoms with van der Waals surface area (Å²) in [5.41, 5.74) is 7.00. The highest BCUT2D eigenvalue weighted by Crippen LogP contribution is 2.38. The molecule has 3 N–H and O–H groups in total. The summed E-state index contributed by atoms with van der Waals surface area (Å²) < 4.78 is 5.17. The van der Waals surface area contributed by atoms with Crippen molar-refractivity contribution in [3.8, 4) is 5.75 Å². The average molecular weight is 263 g/mol. The van der Waals surface area contributed by atoms with Gasteiger partial charge in [0.1, 0.15) is 5.75 Å². The first-order valence-electron chi connectivity index (χ1n) is 7.19. The fourth-order valence-electron chi connectivity index (χ4n) is 3.30. The zero-order chi connectivity index (χ0) is 13.8. The lowest BCUT2D eigenvalue weighted by molar-refractivity contribution is 0.0664. The lowest BCUT2D eigenvalue weighted by Gasteiger charge is -2.29. The highest BCUT2D eigenvalue weighted by atomic mass is 16.5. The molecular weight excluding hydrogens is 238 g/mol. The van der Waals surface area contributed by atoms with E-state index in [1.165, 1.54) is 12.8 Å². The first-order valence-corrected chi connectivity index (χ1v) is 7.19. The van der Waals surface area contributed by atoms with Gasteiger partial charge in [-0.25, -0.2) is 0 Å². The lowest BCUT2D eigenvalue weighted by atomic mass is 9.81. The second-order valence-electron chi connectivity index (χ2n) is 5.68. The average Bonchev–Trinajstić information content (AvgIpc) is 2.86. The highest BCUT2D eigenvalue weighted by molar-refractivity contribution is 5.30. The molecule has 3 nitrogen and oxygen atoms in total. The van der Waals surface area contributed by atoms with E-state index in [4.69, 9.17) is 10.5 Å². The second kappa shape index (κ2) is 6.40. The van der Waals surface area contributed by atoms with E-state index in [2.05, 4.69) is 6.92 Å². The molecule has 0 amide bonds. The van der Waals surface area contributed by atoms with Gasteiger partial charge in [0, 0.05) is 12.5 Å². The Balaban J connectivity index is 2.13. The van der Waals surface area contributed by atoms with Crippen molar-refractivity contribution in [3.05, 3.63) is 29.8 Å². The number of methoxy groups -OCH3 is 1. The van der Waals surface area contributed by atoms with Gasteiger partial charge in [0.25, 0.3) is 0 Å². The van der Waals surface area contributed by atoms with Crippen LogP contribution in [-0.2, 0) is 0 Å². The Morgan fingerprint density at radius 3 is 2.47 bits per heavy atom. The van der Waals surface area contributed by atoms with Gasteiger partial charge in [-0.3, -0.25) is 0 Å². The molecule has 4 unspecified atom stereocenters. The number of hydrogen-bond acceptors (Lipinski definition) is 3. The molecule has 1 aliphatic rings. The molecule has 0 heterocycles. The minimum atomic E-state index is -0.337. The summed E-state index contributed by atoms with van der Waals surface area (Å²) in [6.07, 6.45) is 3.23. The topological polar surface area (TPSA) is 55.5 Å². The molecule has 3 heteroatoms. The Morgan fingerprint density at radius 2 is 2.00 bits per heavy atom. The van der Waals surface area contributed by atoms with Crippen molar-refractivity contribution in [2.45, 2.75) is 38.2 Å². The predicted octanol–water partition coefficient (Wildman–Crippen LogP) is 2.53. The van der Waals surface area contributed by atoms with Gasteiger partial charge >= 0.3 is 0 Å². The van der Waals surface area contributed by atoms with Crippen LogP contribution in [0.2, 0.25) is 0 Å². The minimum absolute atomic E-state index is 0.0245. The van der Waals surface area contributed by atoms with Crippen LogP contribution in [0.5, 0.6) is 5.75 Å². The Hall–Kier alpha value is -1.06. The summed E-state index contributed by atoms with van der Waals surface area (Å²) in [5.74, 6) is 1.85. The Kier molecular flexibility index (Phi) is 4.83. The smallest absolute Gasteiger partial charge is 0.118 e. The van der Waals surface area contributed by atoms with Gasteiger partial charge < -0.3 is 15.6 Å². The van der Waals surface area contributed by atoms with E-state index in [-0.39, 0.29) is 12.0 Å². The summed E-state index contributed by atoms with van der Waals surface area (Å²) in [6.45, 7) is 2.72. The molecular formula is C16H25NO2. The largest absolute Gasteiger partial charge is 0.497 e. The number of ether oxygens (including phenoxy) is 1. The molecule has 2 rings (SSSR count). The molecule has 1 aliphatic carbocycles. The van der Waals surface area contributed by atoms with Crippen LogP contribution in [0.1, 0.15) is 37.7 Å². The van der Waals surface area contributed by atoms with Crippen LogP contribution in [0, 0.1) is 11.8 Å². The molecule has 1 aromatic carbocycles. The van der Waals surface area contributed by atoms with Gasteiger partial charge in [-0.2, -0.15) is 0 Å². The molecule has 1 aromatic rings. The van der Waals surface area contributed by atoms with Gasteiger partial charge in [0.15, 0.2) is 0 Å². The molecule has 1 saturated carbocycles. The molecule has 0 radical (unpaired) electrons. The van der Waals surface area contributed by atoms with Gasteiger partial charge in [0.2, 0.25) is 0 Å². The first-order chi connectivity index (χ1) is 9.17. The van der Waals surface area contributed by atoms with E-state index in [1.807, 2.05) is 24.3 Å². The number of nitrogens with two attached hydrogens (primary N) is 1. The van der Waals surface area contributed by atoms with Gasteiger partial charge in [-0.15, -0.1) is 0 Å². The maximum absolute atomic E-state index is 10.6. The Morgan fingerprint density at radius 1 is 1.32 bits per heavy atom. The molecule has 1 fully saturated rings. The van der Waals surface area contributed by atoms with Crippen molar-refractivity contribution in [1.82, 2.24) is 0 Å². The molecule has 0 spiro atoms. The third kappa shape index (κ3) is 3.10. The van der Waals surface area contributed by atoms with E-state index >= 15 is 0 Å². The third-order valence-electron chi connectivity index (χ3n) is 4.58. The zero-order valence-corrected chi connectivity index (χ0v) is 11.9. The molecule has 19 heavy (non-hydrogen) atoms. The number of aliphatic hydroxyl groups excluding tert-OH is 1. The van der Waals surface area contributed by atoms with Crippen molar-refractivity contribution in [3.63, 3.8) is 0 Å². The SMILES string of the molecule is COc1ccc(C(CN)C(O)C2CCCC2C)cc1. The normalized spacial score (nSPS) is 26.1. The van der Waals surface area contributed by atoms with E-state index < -0.39 is 0 Å². The number of benzene rings is 1. The van der Waals surface area contributed by atoms with E-state index in [0.717, 1.165) is 17.7 Å². The fourth-order valence-corrected chi connectivity index (χ4v) is 3.30. The maximum Gasteiger partial charge on any atom is 0.118 e. The maximum atomic E-state index is 10.6. The van der Waals surface area contributed by atoms with Crippen LogP contribution in [0.4, 0.5) is 0 Å². The second-order valence-corrected chi connectivity index (χ2v) is 5.68. The summed E-state index contributed by atoms with van der Waals surface area (Å²) in [5, 5.41) is 10.6. The molecule has 0 bridgehead atoms. The fraction of sp³-hybridized carbons (Fsp3) is 0.625. The summed E-state index contributed by atoms with van der Waals surface area (Å²) in [4.78, 5) is 0. The van der Waals surface area contributed by atoms with Crippen LogP contribution in [-0.4, -0.2) is 24.9 Å². The molecule has 0 aromatic heterocycles. The minimum Gasteiger partial charge on any atom is -0.497 e.